The highest BCUT2D eigenvalue weighted by molar-refractivity contribution is 7.89. The van der Waals surface area contributed by atoms with Gasteiger partial charge >= 0.3 is 6.18 Å². The number of benzene rings is 2. The van der Waals surface area contributed by atoms with Gasteiger partial charge in [-0.15, -0.1) is 0 Å². The van der Waals surface area contributed by atoms with Crippen molar-refractivity contribution in [3.05, 3.63) is 58.1 Å². The number of nitrogens with one attached hydrogen (secondary N) is 1. The molecule has 0 saturated carbocycles. The Bertz CT molecular complexity index is 1050. The molecule has 2 aromatic rings. The second kappa shape index (κ2) is 8.74. The summed E-state index contributed by atoms with van der Waals surface area (Å²) in [7, 11) is -4.10. The Morgan fingerprint density at radius 3 is 2.33 bits per heavy atom. The first-order valence-corrected chi connectivity index (χ1v) is 11.1. The van der Waals surface area contributed by atoms with E-state index in [-0.39, 0.29) is 41.9 Å². The van der Waals surface area contributed by atoms with Crippen LogP contribution in [0.25, 0.3) is 0 Å². The predicted molar refractivity (Wildman–Crippen MR) is 108 cm³/mol. The second-order valence-corrected chi connectivity index (χ2v) is 9.52. The number of halogens is 5. The highest BCUT2D eigenvalue weighted by Gasteiger charge is 2.35. The lowest BCUT2D eigenvalue weighted by Gasteiger charge is -2.30. The normalized spacial score (nSPS) is 16.4. The van der Waals surface area contributed by atoms with Crippen molar-refractivity contribution in [2.45, 2.75) is 23.9 Å². The Morgan fingerprint density at radius 2 is 1.70 bits per heavy atom. The summed E-state index contributed by atoms with van der Waals surface area (Å²) < 4.78 is 65.3. The van der Waals surface area contributed by atoms with Gasteiger partial charge in [0.05, 0.1) is 26.2 Å². The fourth-order valence-electron chi connectivity index (χ4n) is 3.18. The molecule has 0 spiro atoms. The zero-order chi connectivity index (χ0) is 22.1. The number of hydrogen-bond donors (Lipinski definition) is 1. The maximum Gasteiger partial charge on any atom is 0.416 e. The van der Waals surface area contributed by atoms with Crippen molar-refractivity contribution in [3.8, 4) is 0 Å². The lowest BCUT2D eigenvalue weighted by molar-refractivity contribution is -0.137. The first kappa shape index (κ1) is 22.9. The van der Waals surface area contributed by atoms with Crippen LogP contribution in [-0.2, 0) is 21.0 Å². The molecule has 0 bridgehead atoms. The lowest BCUT2D eigenvalue weighted by Crippen LogP contribution is -2.41. The number of nitrogens with zero attached hydrogens (tertiary/aromatic N) is 1. The van der Waals surface area contributed by atoms with Crippen molar-refractivity contribution in [3.63, 3.8) is 0 Å². The Kier molecular flexibility index (Phi) is 6.66. The van der Waals surface area contributed by atoms with E-state index in [1.54, 1.807) is 18.2 Å². The average molecular weight is 481 g/mol. The van der Waals surface area contributed by atoms with Gasteiger partial charge in [0.1, 0.15) is 0 Å². The van der Waals surface area contributed by atoms with Gasteiger partial charge in [0.2, 0.25) is 15.9 Å². The monoisotopic (exact) mass is 480 g/mol. The third-order valence-corrected chi connectivity index (χ3v) is 7.55. The van der Waals surface area contributed by atoms with Crippen molar-refractivity contribution >= 4 is 44.8 Å². The van der Waals surface area contributed by atoms with E-state index in [0.29, 0.717) is 11.8 Å². The minimum Gasteiger partial charge on any atom is -0.324 e. The lowest BCUT2D eigenvalue weighted by atomic mass is 9.97. The quantitative estimate of drug-likeness (QED) is 0.665. The predicted octanol–water partition coefficient (Wildman–Crippen LogP) is 5.05. The maximum atomic E-state index is 12.9. The van der Waals surface area contributed by atoms with Crippen LogP contribution in [0.3, 0.4) is 0 Å². The van der Waals surface area contributed by atoms with E-state index < -0.39 is 32.6 Å². The summed E-state index contributed by atoms with van der Waals surface area (Å²) in [6, 6.07) is 8.44. The summed E-state index contributed by atoms with van der Waals surface area (Å²) in [5.74, 6) is -0.789. The molecular formula is C19H17Cl2F3N2O3S. The zero-order valence-corrected chi connectivity index (χ0v) is 17.7. The van der Waals surface area contributed by atoms with E-state index in [0.717, 1.165) is 22.5 Å². The topological polar surface area (TPSA) is 66.5 Å². The average Bonchev–Trinajstić information content (AvgIpc) is 2.71. The van der Waals surface area contributed by atoms with Crippen LogP contribution in [0.5, 0.6) is 0 Å². The fourth-order valence-corrected chi connectivity index (χ4v) is 5.04. The van der Waals surface area contributed by atoms with Crippen molar-refractivity contribution < 1.29 is 26.4 Å². The van der Waals surface area contributed by atoms with Crippen molar-refractivity contribution in [2.75, 3.05) is 18.4 Å². The first-order chi connectivity index (χ1) is 14.0. The third-order valence-electron chi connectivity index (χ3n) is 4.83. The first-order valence-electron chi connectivity index (χ1n) is 8.92. The molecule has 1 N–H and O–H groups in total. The molecule has 1 amide bonds. The number of carbonyl (C=O) groups excluding carboxylic acids is 1. The van der Waals surface area contributed by atoms with E-state index in [2.05, 4.69) is 5.32 Å². The molecule has 0 aliphatic carbocycles. The molecule has 11 heteroatoms. The van der Waals surface area contributed by atoms with Crippen LogP contribution in [0, 0.1) is 5.92 Å². The Balaban J connectivity index is 1.67. The van der Waals surface area contributed by atoms with Gasteiger partial charge in [0.25, 0.3) is 0 Å². The number of sulfonamides is 1. The maximum absolute atomic E-state index is 12.9. The van der Waals surface area contributed by atoms with Crippen LogP contribution in [0.2, 0.25) is 10.0 Å². The summed E-state index contributed by atoms with van der Waals surface area (Å²) in [6.07, 6.45) is -4.19. The summed E-state index contributed by atoms with van der Waals surface area (Å²) >= 11 is 12.0. The van der Waals surface area contributed by atoms with Gasteiger partial charge in [-0.25, -0.2) is 8.42 Å². The SMILES string of the molecule is O=C(Nc1cccc(Cl)c1Cl)C1CCN(S(=O)(=O)c2cccc(C(F)(F)F)c2)CC1. The number of amides is 1. The standard InChI is InChI=1S/C19H17Cl2F3N2O3S/c20-15-5-2-6-16(17(15)21)25-18(27)12-7-9-26(10-8-12)30(28,29)14-4-1-3-13(11-14)19(22,23)24/h1-6,11-12H,7-10H2,(H,25,27). The highest BCUT2D eigenvalue weighted by atomic mass is 35.5. The van der Waals surface area contributed by atoms with Gasteiger partial charge in [-0.1, -0.05) is 35.3 Å². The van der Waals surface area contributed by atoms with E-state index in [9.17, 15) is 26.4 Å². The molecule has 1 aliphatic heterocycles. The third kappa shape index (κ3) is 4.91. The smallest absolute Gasteiger partial charge is 0.324 e. The van der Waals surface area contributed by atoms with E-state index in [1.807, 2.05) is 0 Å². The molecule has 1 fully saturated rings. The van der Waals surface area contributed by atoms with Crippen LogP contribution >= 0.6 is 23.2 Å². The van der Waals surface area contributed by atoms with Gasteiger partial charge in [-0.2, -0.15) is 17.5 Å². The Hall–Kier alpha value is -1.81. The van der Waals surface area contributed by atoms with Crippen LogP contribution < -0.4 is 5.32 Å². The molecule has 0 aromatic heterocycles. The van der Waals surface area contributed by atoms with Gasteiger partial charge < -0.3 is 5.32 Å². The van der Waals surface area contributed by atoms with Crippen molar-refractivity contribution in [2.24, 2.45) is 5.92 Å². The Morgan fingerprint density at radius 1 is 1.07 bits per heavy atom. The highest BCUT2D eigenvalue weighted by Crippen LogP contribution is 2.33. The summed E-state index contributed by atoms with van der Waals surface area (Å²) in [4.78, 5) is 12.1. The number of piperidine rings is 1. The molecule has 1 heterocycles. The number of carbonyl (C=O) groups is 1. The fraction of sp³-hybridized carbons (Fsp3) is 0.316. The Labute approximate surface area is 181 Å². The second-order valence-electron chi connectivity index (χ2n) is 6.79. The van der Waals surface area contributed by atoms with Crippen LogP contribution in [-0.4, -0.2) is 31.7 Å². The van der Waals surface area contributed by atoms with E-state index in [1.165, 1.54) is 0 Å². The number of hydrogen-bond acceptors (Lipinski definition) is 3. The van der Waals surface area contributed by atoms with Crippen LogP contribution in [0.15, 0.2) is 47.4 Å². The zero-order valence-electron chi connectivity index (χ0n) is 15.4. The van der Waals surface area contributed by atoms with Gasteiger partial charge in [0.15, 0.2) is 0 Å². The van der Waals surface area contributed by atoms with Crippen LogP contribution in [0.4, 0.5) is 18.9 Å². The largest absolute Gasteiger partial charge is 0.416 e. The molecule has 3 rings (SSSR count). The minimum atomic E-state index is -4.64. The molecule has 0 radical (unpaired) electrons. The number of anilines is 1. The van der Waals surface area contributed by atoms with E-state index in [4.69, 9.17) is 23.2 Å². The molecule has 1 saturated heterocycles. The van der Waals surface area contributed by atoms with E-state index >= 15 is 0 Å². The number of alkyl halides is 3. The van der Waals surface area contributed by atoms with Crippen molar-refractivity contribution in [1.29, 1.82) is 0 Å². The summed E-state index contributed by atoms with van der Waals surface area (Å²) in [6.45, 7) is 0.0277. The molecule has 5 nitrogen and oxygen atoms in total. The molecule has 30 heavy (non-hydrogen) atoms. The summed E-state index contributed by atoms with van der Waals surface area (Å²) in [5, 5.41) is 3.18. The summed E-state index contributed by atoms with van der Waals surface area (Å²) in [5.41, 5.74) is -0.676. The van der Waals surface area contributed by atoms with Gasteiger partial charge in [-0.05, 0) is 43.2 Å². The molecule has 0 atom stereocenters. The minimum absolute atomic E-state index is 0.0138. The number of rotatable bonds is 4. The molecular weight excluding hydrogens is 464 g/mol. The van der Waals surface area contributed by atoms with Gasteiger partial charge in [0, 0.05) is 19.0 Å². The molecule has 0 unspecified atom stereocenters. The van der Waals surface area contributed by atoms with Crippen molar-refractivity contribution in [1.82, 2.24) is 4.31 Å². The molecule has 2 aromatic carbocycles. The van der Waals surface area contributed by atoms with Crippen LogP contribution in [0.1, 0.15) is 18.4 Å². The molecule has 162 valence electrons. The van der Waals surface area contributed by atoms with Gasteiger partial charge in [-0.3, -0.25) is 4.79 Å². The molecule has 1 aliphatic rings.